The molecule has 0 aliphatic heterocycles. The summed E-state index contributed by atoms with van der Waals surface area (Å²) in [5.74, 6) is 0.940. The van der Waals surface area contributed by atoms with Crippen LogP contribution in [0, 0.1) is 16.0 Å². The van der Waals surface area contributed by atoms with Crippen LogP contribution >= 0.6 is 0 Å². The molecular formula is C13H19N3O2. The van der Waals surface area contributed by atoms with E-state index in [4.69, 9.17) is 0 Å². The van der Waals surface area contributed by atoms with Gasteiger partial charge in [0.1, 0.15) is 0 Å². The highest BCUT2D eigenvalue weighted by atomic mass is 16.6. The van der Waals surface area contributed by atoms with Crippen LogP contribution in [0.5, 0.6) is 0 Å². The smallest absolute Gasteiger partial charge is 0.311 e. The van der Waals surface area contributed by atoms with Crippen LogP contribution in [0.15, 0.2) is 18.3 Å². The second kappa shape index (κ2) is 5.80. The molecule has 18 heavy (non-hydrogen) atoms. The zero-order valence-electron chi connectivity index (χ0n) is 10.6. The molecule has 1 fully saturated rings. The molecule has 1 aromatic rings. The first-order chi connectivity index (χ1) is 8.68. The minimum Gasteiger partial charge on any atom is -0.361 e. The van der Waals surface area contributed by atoms with Crippen LogP contribution < -0.4 is 5.32 Å². The largest absolute Gasteiger partial charge is 0.361 e. The van der Waals surface area contributed by atoms with Gasteiger partial charge < -0.3 is 5.32 Å². The van der Waals surface area contributed by atoms with Crippen LogP contribution in [-0.2, 0) is 0 Å². The SMILES string of the molecule is CC1CCCCCC1Nc1ncccc1[N+](=O)[O-]. The average Bonchev–Trinajstić information content (AvgIpc) is 2.55. The van der Waals surface area contributed by atoms with E-state index < -0.39 is 0 Å². The highest BCUT2D eigenvalue weighted by Gasteiger charge is 2.23. The fraction of sp³-hybridized carbons (Fsp3) is 0.615. The predicted molar refractivity (Wildman–Crippen MR) is 70.6 cm³/mol. The number of pyridine rings is 1. The maximum Gasteiger partial charge on any atom is 0.311 e. The number of nitro groups is 1. The van der Waals surface area contributed by atoms with E-state index in [1.54, 1.807) is 12.3 Å². The lowest BCUT2D eigenvalue weighted by Crippen LogP contribution is -2.27. The Morgan fingerprint density at radius 1 is 1.39 bits per heavy atom. The first-order valence-corrected chi connectivity index (χ1v) is 6.54. The fourth-order valence-electron chi connectivity index (χ4n) is 2.54. The van der Waals surface area contributed by atoms with E-state index in [0.717, 1.165) is 6.42 Å². The summed E-state index contributed by atoms with van der Waals surface area (Å²) in [5.41, 5.74) is 0.0638. The van der Waals surface area contributed by atoms with Gasteiger partial charge in [-0.1, -0.05) is 26.2 Å². The van der Waals surface area contributed by atoms with E-state index in [9.17, 15) is 10.1 Å². The number of hydrogen-bond donors (Lipinski definition) is 1. The first-order valence-electron chi connectivity index (χ1n) is 6.54. The fourth-order valence-corrected chi connectivity index (χ4v) is 2.54. The van der Waals surface area contributed by atoms with Crippen molar-refractivity contribution in [2.24, 2.45) is 5.92 Å². The summed E-state index contributed by atoms with van der Waals surface area (Å²) in [6.45, 7) is 2.21. The topological polar surface area (TPSA) is 68.1 Å². The average molecular weight is 249 g/mol. The molecule has 98 valence electrons. The van der Waals surface area contributed by atoms with Crippen molar-refractivity contribution in [1.29, 1.82) is 0 Å². The van der Waals surface area contributed by atoms with Gasteiger partial charge in [0.15, 0.2) is 0 Å². The van der Waals surface area contributed by atoms with E-state index >= 15 is 0 Å². The molecule has 5 heteroatoms. The third kappa shape index (κ3) is 2.97. The van der Waals surface area contributed by atoms with Crippen molar-refractivity contribution < 1.29 is 4.92 Å². The first kappa shape index (κ1) is 12.8. The maximum atomic E-state index is 10.9. The number of anilines is 1. The minimum absolute atomic E-state index is 0.0638. The lowest BCUT2D eigenvalue weighted by molar-refractivity contribution is -0.384. The van der Waals surface area contributed by atoms with Crippen LogP contribution in [-0.4, -0.2) is 15.9 Å². The van der Waals surface area contributed by atoms with Crippen molar-refractivity contribution in [2.45, 2.75) is 45.1 Å². The second-order valence-electron chi connectivity index (χ2n) is 4.99. The number of hydrogen-bond acceptors (Lipinski definition) is 4. The molecule has 0 aromatic carbocycles. The van der Waals surface area contributed by atoms with E-state index in [1.807, 2.05) is 0 Å². The third-order valence-electron chi connectivity index (χ3n) is 3.67. The number of nitrogens with zero attached hydrogens (tertiary/aromatic N) is 2. The van der Waals surface area contributed by atoms with Crippen molar-refractivity contribution in [3.05, 3.63) is 28.4 Å². The van der Waals surface area contributed by atoms with Crippen molar-refractivity contribution in [2.75, 3.05) is 5.32 Å². The van der Waals surface area contributed by atoms with E-state index in [1.165, 1.54) is 31.7 Å². The summed E-state index contributed by atoms with van der Waals surface area (Å²) in [5, 5.41) is 14.2. The highest BCUT2D eigenvalue weighted by molar-refractivity contribution is 5.55. The molecule has 2 unspecified atom stereocenters. The Balaban J connectivity index is 2.14. The van der Waals surface area contributed by atoms with Gasteiger partial charge in [-0.25, -0.2) is 4.98 Å². The van der Waals surface area contributed by atoms with Gasteiger partial charge in [-0.3, -0.25) is 10.1 Å². The quantitative estimate of drug-likeness (QED) is 0.506. The molecule has 1 aliphatic carbocycles. The summed E-state index contributed by atoms with van der Waals surface area (Å²) in [7, 11) is 0. The van der Waals surface area contributed by atoms with Gasteiger partial charge in [-0.05, 0) is 24.8 Å². The zero-order chi connectivity index (χ0) is 13.0. The molecule has 1 heterocycles. The van der Waals surface area contributed by atoms with Crippen LogP contribution in [0.25, 0.3) is 0 Å². The van der Waals surface area contributed by atoms with Crippen LogP contribution in [0.2, 0.25) is 0 Å². The van der Waals surface area contributed by atoms with Gasteiger partial charge in [0.2, 0.25) is 5.82 Å². The standard InChI is InChI=1S/C13H19N3O2/c1-10-6-3-2-4-7-11(10)15-13-12(16(17)18)8-5-9-14-13/h5,8-11H,2-4,6-7H2,1H3,(H,14,15). The van der Waals surface area contributed by atoms with Gasteiger partial charge in [0.05, 0.1) is 4.92 Å². The molecule has 0 bridgehead atoms. The molecule has 0 radical (unpaired) electrons. The molecule has 2 atom stereocenters. The normalized spacial score (nSPS) is 24.3. The maximum absolute atomic E-state index is 10.9. The molecular weight excluding hydrogens is 230 g/mol. The summed E-state index contributed by atoms with van der Waals surface area (Å²) in [4.78, 5) is 14.7. The molecule has 1 aliphatic rings. The number of nitrogens with one attached hydrogen (secondary N) is 1. The van der Waals surface area contributed by atoms with E-state index in [2.05, 4.69) is 17.2 Å². The monoisotopic (exact) mass is 249 g/mol. The molecule has 2 rings (SSSR count). The molecule has 1 aromatic heterocycles. The van der Waals surface area contributed by atoms with Crippen molar-refractivity contribution >= 4 is 11.5 Å². The highest BCUT2D eigenvalue weighted by Crippen LogP contribution is 2.28. The Kier molecular flexibility index (Phi) is 4.12. The van der Waals surface area contributed by atoms with Gasteiger partial charge in [0.25, 0.3) is 0 Å². The Labute approximate surface area is 107 Å². The van der Waals surface area contributed by atoms with Gasteiger partial charge in [-0.15, -0.1) is 0 Å². The van der Waals surface area contributed by atoms with Crippen molar-refractivity contribution in [3.8, 4) is 0 Å². The summed E-state index contributed by atoms with van der Waals surface area (Å²) in [6, 6.07) is 3.39. The molecule has 1 saturated carbocycles. The predicted octanol–water partition coefficient (Wildman–Crippen LogP) is 3.37. The number of aromatic nitrogens is 1. The van der Waals surface area contributed by atoms with Crippen LogP contribution in [0.3, 0.4) is 0 Å². The Morgan fingerprint density at radius 3 is 2.94 bits per heavy atom. The molecule has 1 N–H and O–H groups in total. The van der Waals surface area contributed by atoms with E-state index in [0.29, 0.717) is 17.8 Å². The van der Waals surface area contributed by atoms with Crippen molar-refractivity contribution in [1.82, 2.24) is 4.98 Å². The molecule has 0 saturated heterocycles. The van der Waals surface area contributed by atoms with Gasteiger partial charge >= 0.3 is 5.69 Å². The zero-order valence-corrected chi connectivity index (χ0v) is 10.6. The van der Waals surface area contributed by atoms with Crippen molar-refractivity contribution in [3.63, 3.8) is 0 Å². The summed E-state index contributed by atoms with van der Waals surface area (Å²) < 4.78 is 0. The lowest BCUT2D eigenvalue weighted by Gasteiger charge is -2.23. The molecule has 5 nitrogen and oxygen atoms in total. The Bertz CT molecular complexity index is 422. The number of rotatable bonds is 3. The molecule has 0 amide bonds. The summed E-state index contributed by atoms with van der Waals surface area (Å²) >= 11 is 0. The van der Waals surface area contributed by atoms with Gasteiger partial charge in [0, 0.05) is 18.3 Å². The second-order valence-corrected chi connectivity index (χ2v) is 4.99. The van der Waals surface area contributed by atoms with E-state index in [-0.39, 0.29) is 10.6 Å². The lowest BCUT2D eigenvalue weighted by atomic mass is 9.97. The third-order valence-corrected chi connectivity index (χ3v) is 3.67. The van der Waals surface area contributed by atoms with Gasteiger partial charge in [-0.2, -0.15) is 0 Å². The van der Waals surface area contributed by atoms with Crippen LogP contribution in [0.4, 0.5) is 11.5 Å². The Hall–Kier alpha value is -1.65. The molecule has 0 spiro atoms. The van der Waals surface area contributed by atoms with Crippen LogP contribution in [0.1, 0.15) is 39.0 Å². The minimum atomic E-state index is -0.378. The Morgan fingerprint density at radius 2 is 2.17 bits per heavy atom. The summed E-state index contributed by atoms with van der Waals surface area (Å²) in [6.07, 6.45) is 7.53.